The van der Waals surface area contributed by atoms with Gasteiger partial charge in [0.2, 0.25) is 0 Å². The molecule has 3 N–H and O–H groups in total. The zero-order valence-corrected chi connectivity index (χ0v) is 9.06. The number of nitrogens with two attached hydrogens (primary N) is 1. The summed E-state index contributed by atoms with van der Waals surface area (Å²) in [5.74, 6) is 1.49. The fourth-order valence-corrected chi connectivity index (χ4v) is 0.966. The topological polar surface area (TPSA) is 64.7 Å². The van der Waals surface area contributed by atoms with Crippen molar-refractivity contribution in [3.05, 3.63) is 24.3 Å². The van der Waals surface area contributed by atoms with Gasteiger partial charge in [0, 0.05) is 0 Å². The number of benzene rings is 1. The first-order chi connectivity index (χ1) is 7.07. The highest BCUT2D eigenvalue weighted by Crippen LogP contribution is 2.17. The van der Waals surface area contributed by atoms with Crippen LogP contribution in [0.1, 0.15) is 6.92 Å². The second-order valence-electron chi connectivity index (χ2n) is 3.78. The molecule has 0 heterocycles. The van der Waals surface area contributed by atoms with E-state index >= 15 is 0 Å². The average Bonchev–Trinajstić information content (AvgIpc) is 2.27. The molecule has 0 aliphatic rings. The lowest BCUT2D eigenvalue weighted by molar-refractivity contribution is 0.146. The number of ether oxygens (including phenoxy) is 2. The Kier molecular flexibility index (Phi) is 3.94. The minimum Gasteiger partial charge on any atom is -0.497 e. The molecule has 0 saturated carbocycles. The summed E-state index contributed by atoms with van der Waals surface area (Å²) in [6.45, 7) is 1.90. The molecule has 4 heteroatoms. The lowest BCUT2D eigenvalue weighted by atomic mass is 10.1. The molecule has 1 rings (SSSR count). The maximum Gasteiger partial charge on any atom is 0.119 e. The van der Waals surface area contributed by atoms with E-state index in [0.717, 1.165) is 5.75 Å². The summed E-state index contributed by atoms with van der Waals surface area (Å²) in [5, 5.41) is 8.93. The molecule has 1 unspecified atom stereocenters. The minimum absolute atomic E-state index is 0.108. The molecule has 0 saturated heterocycles. The molecule has 0 fully saturated rings. The lowest BCUT2D eigenvalue weighted by Crippen LogP contribution is -2.45. The Morgan fingerprint density at radius 3 is 2.27 bits per heavy atom. The van der Waals surface area contributed by atoms with Crippen LogP contribution in [0.25, 0.3) is 0 Å². The first-order valence-electron chi connectivity index (χ1n) is 4.74. The molecule has 15 heavy (non-hydrogen) atoms. The smallest absolute Gasteiger partial charge is 0.119 e. The summed E-state index contributed by atoms with van der Waals surface area (Å²) in [4.78, 5) is 0. The largest absolute Gasteiger partial charge is 0.497 e. The van der Waals surface area contributed by atoms with Crippen molar-refractivity contribution in [2.45, 2.75) is 12.5 Å². The zero-order chi connectivity index (χ0) is 11.3. The average molecular weight is 211 g/mol. The van der Waals surface area contributed by atoms with E-state index < -0.39 is 5.54 Å². The van der Waals surface area contributed by atoms with Gasteiger partial charge in [-0.25, -0.2) is 0 Å². The van der Waals surface area contributed by atoms with E-state index in [9.17, 15) is 0 Å². The van der Waals surface area contributed by atoms with Crippen molar-refractivity contribution in [2.24, 2.45) is 5.73 Å². The normalized spacial score (nSPS) is 14.4. The van der Waals surface area contributed by atoms with Gasteiger partial charge in [0.15, 0.2) is 0 Å². The molecule has 1 aromatic rings. The van der Waals surface area contributed by atoms with Crippen molar-refractivity contribution in [3.63, 3.8) is 0 Å². The first kappa shape index (κ1) is 11.8. The van der Waals surface area contributed by atoms with Gasteiger partial charge in [-0.3, -0.25) is 0 Å². The van der Waals surface area contributed by atoms with Crippen molar-refractivity contribution in [1.29, 1.82) is 0 Å². The fourth-order valence-electron chi connectivity index (χ4n) is 0.966. The Morgan fingerprint density at radius 1 is 1.27 bits per heavy atom. The van der Waals surface area contributed by atoms with E-state index in [1.165, 1.54) is 0 Å². The summed E-state index contributed by atoms with van der Waals surface area (Å²) in [6, 6.07) is 7.21. The molecule has 4 nitrogen and oxygen atoms in total. The number of aliphatic hydroxyl groups excluding tert-OH is 1. The van der Waals surface area contributed by atoms with Crippen LogP contribution in [-0.2, 0) is 0 Å². The van der Waals surface area contributed by atoms with Crippen molar-refractivity contribution in [2.75, 3.05) is 20.3 Å². The Bertz CT molecular complexity index is 295. The third-order valence-electron chi connectivity index (χ3n) is 1.99. The van der Waals surface area contributed by atoms with E-state index in [1.807, 2.05) is 12.1 Å². The van der Waals surface area contributed by atoms with E-state index in [2.05, 4.69) is 0 Å². The van der Waals surface area contributed by atoms with Crippen LogP contribution >= 0.6 is 0 Å². The van der Waals surface area contributed by atoms with E-state index in [4.69, 9.17) is 20.3 Å². The van der Waals surface area contributed by atoms with Gasteiger partial charge in [0.25, 0.3) is 0 Å². The van der Waals surface area contributed by atoms with Gasteiger partial charge in [0.05, 0.1) is 19.3 Å². The van der Waals surface area contributed by atoms with Crippen LogP contribution in [0, 0.1) is 0 Å². The summed E-state index contributed by atoms with van der Waals surface area (Å²) in [7, 11) is 1.61. The maximum atomic E-state index is 8.93. The van der Waals surface area contributed by atoms with Gasteiger partial charge in [-0.15, -0.1) is 0 Å². The maximum absolute atomic E-state index is 8.93. The Morgan fingerprint density at radius 2 is 1.80 bits per heavy atom. The SMILES string of the molecule is COc1ccc(OCC(C)(N)CO)cc1. The first-order valence-corrected chi connectivity index (χ1v) is 4.74. The van der Waals surface area contributed by atoms with E-state index in [0.29, 0.717) is 5.75 Å². The lowest BCUT2D eigenvalue weighted by Gasteiger charge is -2.21. The molecule has 0 amide bonds. The predicted molar refractivity (Wildman–Crippen MR) is 58.2 cm³/mol. The van der Waals surface area contributed by atoms with Crippen LogP contribution in [0.4, 0.5) is 0 Å². The summed E-state index contributed by atoms with van der Waals surface area (Å²) >= 11 is 0. The van der Waals surface area contributed by atoms with E-state index in [-0.39, 0.29) is 13.2 Å². The third-order valence-corrected chi connectivity index (χ3v) is 1.99. The van der Waals surface area contributed by atoms with Crippen molar-refractivity contribution < 1.29 is 14.6 Å². The number of hydrogen-bond acceptors (Lipinski definition) is 4. The number of rotatable bonds is 5. The van der Waals surface area contributed by atoms with Crippen LogP contribution in [0.15, 0.2) is 24.3 Å². The molecule has 0 bridgehead atoms. The summed E-state index contributed by atoms with van der Waals surface area (Å²) in [5.41, 5.74) is 5.01. The number of aliphatic hydroxyl groups is 1. The quantitative estimate of drug-likeness (QED) is 0.755. The van der Waals surface area contributed by atoms with Crippen LogP contribution in [0.3, 0.4) is 0 Å². The van der Waals surface area contributed by atoms with Gasteiger partial charge in [0.1, 0.15) is 18.1 Å². The highest BCUT2D eigenvalue weighted by Gasteiger charge is 2.17. The number of methoxy groups -OCH3 is 1. The molecular weight excluding hydrogens is 194 g/mol. The van der Waals surface area contributed by atoms with Crippen LogP contribution in [0.2, 0.25) is 0 Å². The van der Waals surface area contributed by atoms with Crippen molar-refractivity contribution in [1.82, 2.24) is 0 Å². The van der Waals surface area contributed by atoms with E-state index in [1.54, 1.807) is 26.2 Å². The molecule has 84 valence electrons. The molecule has 1 atom stereocenters. The summed E-state index contributed by atoms with van der Waals surface area (Å²) < 4.78 is 10.4. The second-order valence-corrected chi connectivity index (χ2v) is 3.78. The van der Waals surface area contributed by atoms with Crippen LogP contribution in [-0.4, -0.2) is 31.0 Å². The van der Waals surface area contributed by atoms with Gasteiger partial charge in [-0.05, 0) is 31.2 Å². The molecule has 0 aromatic heterocycles. The molecule has 0 aliphatic carbocycles. The number of hydrogen-bond donors (Lipinski definition) is 2. The molecule has 0 aliphatic heterocycles. The minimum atomic E-state index is -0.708. The molecule has 0 radical (unpaired) electrons. The van der Waals surface area contributed by atoms with Crippen LogP contribution < -0.4 is 15.2 Å². The van der Waals surface area contributed by atoms with Gasteiger partial charge >= 0.3 is 0 Å². The summed E-state index contributed by atoms with van der Waals surface area (Å²) in [6.07, 6.45) is 0. The molecule has 1 aromatic carbocycles. The van der Waals surface area contributed by atoms with Gasteiger partial charge < -0.3 is 20.3 Å². The van der Waals surface area contributed by atoms with Crippen molar-refractivity contribution >= 4 is 0 Å². The third kappa shape index (κ3) is 3.77. The van der Waals surface area contributed by atoms with Gasteiger partial charge in [-0.1, -0.05) is 0 Å². The predicted octanol–water partition coefficient (Wildman–Crippen LogP) is 0.784. The highest BCUT2D eigenvalue weighted by molar-refractivity contribution is 5.31. The fraction of sp³-hybridized carbons (Fsp3) is 0.455. The second kappa shape index (κ2) is 5.00. The molecule has 0 spiro atoms. The Balaban J connectivity index is 2.51. The monoisotopic (exact) mass is 211 g/mol. The molecular formula is C11H17NO3. The van der Waals surface area contributed by atoms with Crippen LogP contribution in [0.5, 0.6) is 11.5 Å². The Labute approximate surface area is 89.6 Å². The zero-order valence-electron chi connectivity index (χ0n) is 9.06. The van der Waals surface area contributed by atoms with Crippen molar-refractivity contribution in [3.8, 4) is 11.5 Å². The highest BCUT2D eigenvalue weighted by atomic mass is 16.5. The Hall–Kier alpha value is -1.26. The standard InChI is InChI=1S/C11H17NO3/c1-11(12,7-13)8-15-10-5-3-9(14-2)4-6-10/h3-6,13H,7-8,12H2,1-2H3. The van der Waals surface area contributed by atoms with Gasteiger partial charge in [-0.2, -0.15) is 0 Å².